The average Bonchev–Trinajstić information content (AvgIpc) is 2.58. The number of amides is 2. The van der Waals surface area contributed by atoms with Gasteiger partial charge in [-0.25, -0.2) is 0 Å². The molecule has 1 saturated heterocycles. The van der Waals surface area contributed by atoms with E-state index in [4.69, 9.17) is 12.2 Å². The fraction of sp³-hybridized carbons (Fsp3) is 0.190. The highest BCUT2D eigenvalue weighted by atomic mass is 32.1. The summed E-state index contributed by atoms with van der Waals surface area (Å²) in [5, 5.41) is 12.6. The Bertz CT molecular complexity index is 1000. The Morgan fingerprint density at radius 1 is 1.00 bits per heavy atom. The molecule has 138 valence electrons. The van der Waals surface area contributed by atoms with Gasteiger partial charge in [-0.2, -0.15) is 0 Å². The minimum Gasteiger partial charge on any atom is -0.507 e. The van der Waals surface area contributed by atoms with Crippen molar-refractivity contribution in [3.05, 3.63) is 63.7 Å². The van der Waals surface area contributed by atoms with Gasteiger partial charge in [0, 0.05) is 0 Å². The molecule has 2 amide bonds. The highest BCUT2D eigenvalue weighted by Gasteiger charge is 2.35. The molecular weight excluding hydrogens is 360 g/mol. The molecule has 0 aromatic heterocycles. The molecule has 2 aromatic rings. The van der Waals surface area contributed by atoms with E-state index in [-0.39, 0.29) is 16.4 Å². The summed E-state index contributed by atoms with van der Waals surface area (Å²) >= 11 is 5.24. The molecule has 6 heteroatoms. The van der Waals surface area contributed by atoms with Crippen LogP contribution in [-0.4, -0.2) is 22.0 Å². The van der Waals surface area contributed by atoms with Gasteiger partial charge in [0.05, 0.1) is 5.69 Å². The first-order chi connectivity index (χ1) is 12.7. The van der Waals surface area contributed by atoms with Crippen LogP contribution in [0.3, 0.4) is 0 Å². The molecule has 1 aliphatic rings. The average molecular weight is 380 g/mol. The second-order valence-electron chi connectivity index (χ2n) is 6.75. The number of nitrogens with zero attached hydrogens (tertiary/aromatic N) is 1. The number of nitrogens with one attached hydrogen (secondary N) is 1. The zero-order valence-corrected chi connectivity index (χ0v) is 16.4. The standard InChI is InChI=1S/C21H20N2O3S/c1-11-5-6-17(12(2)7-11)23-20(26)16(19(25)22-21(23)27)10-15-8-13(3)18(24)14(4)9-15/h5-10,24H,1-4H3,(H,22,25,27). The lowest BCUT2D eigenvalue weighted by Gasteiger charge is -2.30. The molecule has 0 saturated carbocycles. The van der Waals surface area contributed by atoms with Crippen LogP contribution in [0.2, 0.25) is 0 Å². The predicted octanol–water partition coefficient (Wildman–Crippen LogP) is 3.46. The van der Waals surface area contributed by atoms with Crippen molar-refractivity contribution in [2.45, 2.75) is 27.7 Å². The highest BCUT2D eigenvalue weighted by molar-refractivity contribution is 7.80. The zero-order valence-electron chi connectivity index (χ0n) is 15.6. The van der Waals surface area contributed by atoms with Gasteiger partial charge < -0.3 is 5.11 Å². The molecule has 1 fully saturated rings. The SMILES string of the molecule is Cc1ccc(N2C(=O)C(=Cc3cc(C)c(O)c(C)c3)C(=O)NC2=S)c(C)c1. The third-order valence-electron chi connectivity index (χ3n) is 4.52. The number of phenols is 1. The number of rotatable bonds is 2. The van der Waals surface area contributed by atoms with Gasteiger partial charge in [-0.15, -0.1) is 0 Å². The van der Waals surface area contributed by atoms with Gasteiger partial charge in [-0.3, -0.25) is 19.8 Å². The predicted molar refractivity (Wildman–Crippen MR) is 110 cm³/mol. The maximum atomic E-state index is 13.1. The highest BCUT2D eigenvalue weighted by Crippen LogP contribution is 2.28. The number of thiocarbonyl (C=S) groups is 1. The normalized spacial score (nSPS) is 16.1. The summed E-state index contributed by atoms with van der Waals surface area (Å²) in [5.41, 5.74) is 4.60. The zero-order chi connectivity index (χ0) is 19.9. The summed E-state index contributed by atoms with van der Waals surface area (Å²) in [6.45, 7) is 7.40. The van der Waals surface area contributed by atoms with Crippen LogP contribution >= 0.6 is 12.2 Å². The monoisotopic (exact) mass is 380 g/mol. The van der Waals surface area contributed by atoms with Crippen molar-refractivity contribution in [1.82, 2.24) is 5.32 Å². The van der Waals surface area contributed by atoms with Crippen LogP contribution in [0.4, 0.5) is 5.69 Å². The number of carbonyl (C=O) groups is 2. The number of carbonyl (C=O) groups excluding carboxylic acids is 2. The van der Waals surface area contributed by atoms with E-state index in [0.29, 0.717) is 22.4 Å². The fourth-order valence-electron chi connectivity index (χ4n) is 3.17. The van der Waals surface area contributed by atoms with E-state index < -0.39 is 11.8 Å². The van der Waals surface area contributed by atoms with E-state index in [1.807, 2.05) is 32.0 Å². The summed E-state index contributed by atoms with van der Waals surface area (Å²) in [6, 6.07) is 9.12. The minimum atomic E-state index is -0.533. The second-order valence-corrected chi connectivity index (χ2v) is 7.14. The summed E-state index contributed by atoms with van der Waals surface area (Å²) in [5.74, 6) is -0.803. The third-order valence-corrected chi connectivity index (χ3v) is 4.80. The second kappa shape index (κ2) is 6.96. The van der Waals surface area contributed by atoms with Crippen molar-refractivity contribution in [2.75, 3.05) is 4.90 Å². The molecule has 27 heavy (non-hydrogen) atoms. The van der Waals surface area contributed by atoms with Crippen LogP contribution in [0.1, 0.15) is 27.8 Å². The van der Waals surface area contributed by atoms with E-state index in [1.165, 1.54) is 11.0 Å². The quantitative estimate of drug-likeness (QED) is 0.476. The molecule has 1 heterocycles. The molecule has 2 N–H and O–H groups in total. The summed E-state index contributed by atoms with van der Waals surface area (Å²) in [6.07, 6.45) is 1.52. The molecule has 0 unspecified atom stereocenters. The smallest absolute Gasteiger partial charge is 0.270 e. The van der Waals surface area contributed by atoms with Crippen molar-refractivity contribution >= 4 is 40.9 Å². The number of anilines is 1. The van der Waals surface area contributed by atoms with Crippen LogP contribution in [0.5, 0.6) is 5.75 Å². The van der Waals surface area contributed by atoms with Crippen LogP contribution < -0.4 is 10.2 Å². The lowest BCUT2D eigenvalue weighted by Crippen LogP contribution is -2.54. The first-order valence-electron chi connectivity index (χ1n) is 8.48. The Kier molecular flexibility index (Phi) is 4.85. The number of benzene rings is 2. The van der Waals surface area contributed by atoms with Crippen molar-refractivity contribution in [1.29, 1.82) is 0 Å². The van der Waals surface area contributed by atoms with Crippen molar-refractivity contribution in [2.24, 2.45) is 0 Å². The number of aryl methyl sites for hydroxylation is 4. The molecule has 2 aromatic carbocycles. The Morgan fingerprint density at radius 3 is 2.22 bits per heavy atom. The lowest BCUT2D eigenvalue weighted by molar-refractivity contribution is -0.122. The third kappa shape index (κ3) is 3.48. The molecule has 3 rings (SSSR count). The Morgan fingerprint density at radius 2 is 1.63 bits per heavy atom. The molecule has 0 atom stereocenters. The molecule has 0 aliphatic carbocycles. The minimum absolute atomic E-state index is 0.00642. The molecule has 0 bridgehead atoms. The number of hydrogen-bond acceptors (Lipinski definition) is 4. The van der Waals surface area contributed by atoms with E-state index >= 15 is 0 Å². The number of aromatic hydroxyl groups is 1. The van der Waals surface area contributed by atoms with Crippen LogP contribution in [0, 0.1) is 27.7 Å². The van der Waals surface area contributed by atoms with Crippen LogP contribution in [0.25, 0.3) is 6.08 Å². The summed E-state index contributed by atoms with van der Waals surface area (Å²) in [4.78, 5) is 26.8. The maximum Gasteiger partial charge on any atom is 0.270 e. The molecule has 0 spiro atoms. The van der Waals surface area contributed by atoms with Gasteiger partial charge in [0.25, 0.3) is 11.8 Å². The summed E-state index contributed by atoms with van der Waals surface area (Å²) < 4.78 is 0. The first-order valence-corrected chi connectivity index (χ1v) is 8.89. The number of phenolic OH excluding ortho intramolecular Hbond substituents is 1. The van der Waals surface area contributed by atoms with E-state index in [1.54, 1.807) is 26.0 Å². The summed E-state index contributed by atoms with van der Waals surface area (Å²) in [7, 11) is 0. The molecular formula is C21H20N2O3S. The van der Waals surface area contributed by atoms with Gasteiger partial charge in [0.2, 0.25) is 0 Å². The Balaban J connectivity index is 2.07. The maximum absolute atomic E-state index is 13.1. The van der Waals surface area contributed by atoms with Crippen molar-refractivity contribution in [3.8, 4) is 5.75 Å². The fourth-order valence-corrected chi connectivity index (χ4v) is 3.45. The largest absolute Gasteiger partial charge is 0.507 e. The van der Waals surface area contributed by atoms with E-state index in [9.17, 15) is 14.7 Å². The van der Waals surface area contributed by atoms with Gasteiger partial charge in [0.1, 0.15) is 11.3 Å². The topological polar surface area (TPSA) is 69.6 Å². The lowest BCUT2D eigenvalue weighted by atomic mass is 10.0. The molecule has 1 aliphatic heterocycles. The molecule has 0 radical (unpaired) electrons. The van der Waals surface area contributed by atoms with Crippen molar-refractivity contribution < 1.29 is 14.7 Å². The van der Waals surface area contributed by atoms with Gasteiger partial charge in [-0.1, -0.05) is 17.7 Å². The Hall–Kier alpha value is -2.99. The van der Waals surface area contributed by atoms with Gasteiger partial charge in [0.15, 0.2) is 5.11 Å². The van der Waals surface area contributed by atoms with E-state index in [2.05, 4.69) is 5.32 Å². The molecule has 5 nitrogen and oxygen atoms in total. The van der Waals surface area contributed by atoms with Gasteiger partial charge >= 0.3 is 0 Å². The van der Waals surface area contributed by atoms with Crippen LogP contribution in [-0.2, 0) is 9.59 Å². The Labute approximate surface area is 163 Å². The number of hydrogen-bond donors (Lipinski definition) is 2. The van der Waals surface area contributed by atoms with Gasteiger partial charge in [-0.05, 0) is 86.4 Å². The van der Waals surface area contributed by atoms with E-state index in [0.717, 1.165) is 11.1 Å². The van der Waals surface area contributed by atoms with Crippen LogP contribution in [0.15, 0.2) is 35.9 Å². The first kappa shape index (κ1) is 18.8. The van der Waals surface area contributed by atoms with Crippen molar-refractivity contribution in [3.63, 3.8) is 0 Å².